The summed E-state index contributed by atoms with van der Waals surface area (Å²) in [5, 5.41) is 1.48. The van der Waals surface area contributed by atoms with Crippen molar-refractivity contribution in [1.82, 2.24) is 9.55 Å². The molecule has 0 amide bonds. The Hall–Kier alpha value is -2.31. The molecule has 3 rings (SSSR count). The molecule has 152 valence electrons. The van der Waals surface area contributed by atoms with Crippen LogP contribution < -0.4 is 10.3 Å². The van der Waals surface area contributed by atoms with E-state index in [4.69, 9.17) is 16.3 Å². The molecule has 0 aliphatic carbocycles. The molecular weight excluding hydrogens is 408 g/mol. The summed E-state index contributed by atoms with van der Waals surface area (Å²) in [6.07, 6.45) is 0. The van der Waals surface area contributed by atoms with Crippen LogP contribution in [0, 0.1) is 12.3 Å². The number of Topliss-reactive ketones (excluding diaryl/α,β-unsaturated/α-hetero) is 1. The van der Waals surface area contributed by atoms with Gasteiger partial charge in [0.15, 0.2) is 5.16 Å². The van der Waals surface area contributed by atoms with E-state index in [9.17, 15) is 9.59 Å². The number of rotatable bonds is 5. The zero-order valence-corrected chi connectivity index (χ0v) is 18.6. The maximum atomic E-state index is 13.4. The van der Waals surface area contributed by atoms with E-state index in [1.165, 1.54) is 23.4 Å². The maximum Gasteiger partial charge on any atom is 0.266 e. The van der Waals surface area contributed by atoms with Crippen LogP contribution in [0.2, 0.25) is 5.02 Å². The SMILES string of the molecule is COc1cc(Cl)c(C)cc1-n1c(SCC(=O)C(C)(C)C)nc2ccccc2c1=O. The molecule has 0 aliphatic heterocycles. The fourth-order valence-corrected chi connectivity index (χ4v) is 4.07. The molecule has 1 heterocycles. The number of nitrogens with zero attached hydrogens (tertiary/aromatic N) is 2. The number of benzene rings is 2. The third kappa shape index (κ3) is 4.33. The molecule has 0 atom stereocenters. The number of thioether (sulfide) groups is 1. The van der Waals surface area contributed by atoms with Crippen molar-refractivity contribution in [2.24, 2.45) is 5.41 Å². The van der Waals surface area contributed by atoms with E-state index in [1.54, 1.807) is 30.3 Å². The highest BCUT2D eigenvalue weighted by Gasteiger charge is 2.23. The van der Waals surface area contributed by atoms with E-state index < -0.39 is 5.41 Å². The van der Waals surface area contributed by atoms with Gasteiger partial charge in [0.25, 0.3) is 5.56 Å². The van der Waals surface area contributed by atoms with Crippen LogP contribution in [-0.4, -0.2) is 28.2 Å². The van der Waals surface area contributed by atoms with Crippen molar-refractivity contribution in [2.75, 3.05) is 12.9 Å². The first-order chi connectivity index (χ1) is 13.6. The van der Waals surface area contributed by atoms with Gasteiger partial charge < -0.3 is 4.74 Å². The van der Waals surface area contributed by atoms with Gasteiger partial charge in [-0.25, -0.2) is 4.98 Å². The zero-order chi connectivity index (χ0) is 21.3. The van der Waals surface area contributed by atoms with Gasteiger partial charge in [-0.05, 0) is 30.7 Å². The Labute approximate surface area is 179 Å². The zero-order valence-electron chi connectivity index (χ0n) is 17.1. The molecule has 0 radical (unpaired) electrons. The van der Waals surface area contributed by atoms with E-state index in [0.29, 0.717) is 32.5 Å². The number of carbonyl (C=O) groups is 1. The topological polar surface area (TPSA) is 61.2 Å². The number of hydrogen-bond acceptors (Lipinski definition) is 5. The molecule has 0 saturated heterocycles. The van der Waals surface area contributed by atoms with Gasteiger partial charge in [0.2, 0.25) is 0 Å². The first-order valence-electron chi connectivity index (χ1n) is 9.16. The van der Waals surface area contributed by atoms with Gasteiger partial charge in [0, 0.05) is 16.5 Å². The number of ether oxygens (including phenoxy) is 1. The van der Waals surface area contributed by atoms with Gasteiger partial charge in [-0.3, -0.25) is 14.2 Å². The highest BCUT2D eigenvalue weighted by molar-refractivity contribution is 7.99. The lowest BCUT2D eigenvalue weighted by Gasteiger charge is -2.19. The van der Waals surface area contributed by atoms with Crippen LogP contribution in [0.5, 0.6) is 5.75 Å². The summed E-state index contributed by atoms with van der Waals surface area (Å²) in [7, 11) is 1.53. The summed E-state index contributed by atoms with van der Waals surface area (Å²) in [6.45, 7) is 7.49. The van der Waals surface area contributed by atoms with Crippen molar-refractivity contribution in [2.45, 2.75) is 32.9 Å². The summed E-state index contributed by atoms with van der Waals surface area (Å²) >= 11 is 7.50. The first-order valence-corrected chi connectivity index (χ1v) is 10.5. The lowest BCUT2D eigenvalue weighted by molar-refractivity contribution is -0.123. The summed E-state index contributed by atoms with van der Waals surface area (Å²) in [4.78, 5) is 30.5. The third-order valence-electron chi connectivity index (χ3n) is 4.61. The second-order valence-corrected chi connectivity index (χ2v) is 9.14. The molecule has 0 fully saturated rings. The largest absolute Gasteiger partial charge is 0.495 e. The average Bonchev–Trinajstić information content (AvgIpc) is 2.67. The molecule has 0 bridgehead atoms. The number of aromatic nitrogens is 2. The molecule has 2 aromatic carbocycles. The number of halogens is 1. The molecule has 7 heteroatoms. The van der Waals surface area contributed by atoms with Crippen LogP contribution in [-0.2, 0) is 4.79 Å². The molecule has 0 N–H and O–H groups in total. The number of para-hydroxylation sites is 1. The molecule has 0 saturated carbocycles. The van der Waals surface area contributed by atoms with Crippen LogP contribution in [0.25, 0.3) is 16.6 Å². The Morgan fingerprint density at radius 2 is 1.93 bits per heavy atom. The van der Waals surface area contributed by atoms with Crippen LogP contribution >= 0.6 is 23.4 Å². The molecule has 29 heavy (non-hydrogen) atoms. The second-order valence-electron chi connectivity index (χ2n) is 7.79. The highest BCUT2D eigenvalue weighted by atomic mass is 35.5. The molecular formula is C22H23ClN2O3S. The van der Waals surface area contributed by atoms with Gasteiger partial charge in [0.1, 0.15) is 11.5 Å². The number of fused-ring (bicyclic) bond motifs is 1. The maximum absolute atomic E-state index is 13.4. The van der Waals surface area contributed by atoms with E-state index in [1.807, 2.05) is 33.8 Å². The van der Waals surface area contributed by atoms with Crippen LogP contribution in [0.15, 0.2) is 46.3 Å². The molecule has 1 aromatic heterocycles. The highest BCUT2D eigenvalue weighted by Crippen LogP contribution is 2.32. The van der Waals surface area contributed by atoms with Crippen molar-refractivity contribution < 1.29 is 9.53 Å². The Bertz CT molecular complexity index is 1150. The predicted octanol–water partition coefficient (Wildman–Crippen LogP) is 5.06. The van der Waals surface area contributed by atoms with Crippen molar-refractivity contribution in [1.29, 1.82) is 0 Å². The Kier molecular flexibility index (Phi) is 6.05. The minimum absolute atomic E-state index is 0.0794. The minimum atomic E-state index is -0.469. The van der Waals surface area contributed by atoms with Gasteiger partial charge in [-0.2, -0.15) is 0 Å². The van der Waals surface area contributed by atoms with Crippen molar-refractivity contribution in [3.63, 3.8) is 0 Å². The third-order valence-corrected chi connectivity index (χ3v) is 5.96. The van der Waals surface area contributed by atoms with Crippen molar-refractivity contribution >= 4 is 40.0 Å². The first kappa shape index (κ1) is 21.4. The van der Waals surface area contributed by atoms with Gasteiger partial charge in [0.05, 0.1) is 29.5 Å². The van der Waals surface area contributed by atoms with E-state index in [0.717, 1.165) is 5.56 Å². The van der Waals surface area contributed by atoms with Crippen LogP contribution in [0.1, 0.15) is 26.3 Å². The molecule has 3 aromatic rings. The van der Waals surface area contributed by atoms with Crippen molar-refractivity contribution in [3.8, 4) is 11.4 Å². The smallest absolute Gasteiger partial charge is 0.266 e. The quantitative estimate of drug-likeness (QED) is 0.418. The Morgan fingerprint density at radius 1 is 1.24 bits per heavy atom. The fourth-order valence-electron chi connectivity index (χ4n) is 2.75. The summed E-state index contributed by atoms with van der Waals surface area (Å²) < 4.78 is 6.99. The monoisotopic (exact) mass is 430 g/mol. The lowest BCUT2D eigenvalue weighted by atomic mass is 9.92. The van der Waals surface area contributed by atoms with Gasteiger partial charge >= 0.3 is 0 Å². The second kappa shape index (κ2) is 8.20. The number of ketones is 1. The van der Waals surface area contributed by atoms with E-state index >= 15 is 0 Å². The van der Waals surface area contributed by atoms with Crippen LogP contribution in [0.3, 0.4) is 0 Å². The Balaban J connectivity index is 2.25. The van der Waals surface area contributed by atoms with Crippen molar-refractivity contribution in [3.05, 3.63) is 57.3 Å². The van der Waals surface area contributed by atoms with Crippen LogP contribution in [0.4, 0.5) is 0 Å². The molecule has 0 spiro atoms. The molecule has 0 unspecified atom stereocenters. The number of carbonyl (C=O) groups excluding carboxylic acids is 1. The fraction of sp³-hybridized carbons (Fsp3) is 0.318. The van der Waals surface area contributed by atoms with E-state index in [-0.39, 0.29) is 17.1 Å². The van der Waals surface area contributed by atoms with E-state index in [2.05, 4.69) is 4.98 Å². The number of methoxy groups -OCH3 is 1. The predicted molar refractivity (Wildman–Crippen MR) is 119 cm³/mol. The minimum Gasteiger partial charge on any atom is -0.495 e. The Morgan fingerprint density at radius 3 is 2.59 bits per heavy atom. The summed E-state index contributed by atoms with van der Waals surface area (Å²) in [5.74, 6) is 0.753. The normalized spacial score (nSPS) is 11.7. The average molecular weight is 431 g/mol. The van der Waals surface area contributed by atoms with Gasteiger partial charge in [-0.15, -0.1) is 0 Å². The lowest BCUT2D eigenvalue weighted by Crippen LogP contribution is -2.25. The number of aryl methyl sites for hydroxylation is 1. The summed E-state index contributed by atoms with van der Waals surface area (Å²) in [6, 6.07) is 10.7. The van der Waals surface area contributed by atoms with Gasteiger partial charge in [-0.1, -0.05) is 56.3 Å². The number of hydrogen-bond donors (Lipinski definition) is 0. The standard InChI is InChI=1S/C22H23ClN2O3S/c1-13-10-17(18(28-5)11-15(13)23)25-20(27)14-8-6-7-9-16(14)24-21(25)29-12-19(26)22(2,3)4/h6-11H,12H2,1-5H3. The molecule has 0 aliphatic rings. The summed E-state index contributed by atoms with van der Waals surface area (Å²) in [5.41, 5.74) is 1.25. The molecule has 5 nitrogen and oxygen atoms in total.